The molecule has 0 heterocycles. The lowest BCUT2D eigenvalue weighted by Crippen LogP contribution is -1.95. The molecule has 0 atom stereocenters. The van der Waals surface area contributed by atoms with Gasteiger partial charge in [0.1, 0.15) is 0 Å². The van der Waals surface area contributed by atoms with Crippen LogP contribution in [0.4, 0.5) is 0 Å². The summed E-state index contributed by atoms with van der Waals surface area (Å²) in [6.45, 7) is 2.87. The summed E-state index contributed by atoms with van der Waals surface area (Å²) in [5.41, 5.74) is 0. The summed E-state index contributed by atoms with van der Waals surface area (Å²) >= 11 is 8.40. The van der Waals surface area contributed by atoms with Crippen LogP contribution in [0.1, 0.15) is 26.2 Å². The largest absolute Gasteiger partial charge is 0.479 e. The smallest absolute Gasteiger partial charge is 0.216 e. The normalized spacial score (nSPS) is 9.11. The molecule has 0 N–H and O–H groups in total. The van der Waals surface area contributed by atoms with Crippen LogP contribution in [0.3, 0.4) is 0 Å². The van der Waals surface area contributed by atoms with Crippen LogP contribution in [-0.2, 0) is 4.74 Å². The van der Waals surface area contributed by atoms with E-state index in [2.05, 4.69) is 31.8 Å². The Hall–Kier alpha value is 0.240. The van der Waals surface area contributed by atoms with E-state index >= 15 is 0 Å². The van der Waals surface area contributed by atoms with Gasteiger partial charge in [-0.2, -0.15) is 0 Å². The minimum Gasteiger partial charge on any atom is -0.479 e. The average Bonchev–Trinajstić information content (AvgIpc) is 1.80. The van der Waals surface area contributed by atoms with Crippen LogP contribution < -0.4 is 0 Å². The highest BCUT2D eigenvalue weighted by Crippen LogP contribution is 1.95. The van der Waals surface area contributed by atoms with E-state index in [1.807, 2.05) is 0 Å². The third-order valence-electron chi connectivity index (χ3n) is 0.973. The van der Waals surface area contributed by atoms with Crippen molar-refractivity contribution in [3.05, 3.63) is 0 Å². The second kappa shape index (κ2) is 6.36. The molecule has 0 fully saturated rings. The predicted molar refractivity (Wildman–Crippen MR) is 47.1 cm³/mol. The van der Waals surface area contributed by atoms with E-state index in [0.29, 0.717) is 4.38 Å². The molecule has 0 saturated carbocycles. The van der Waals surface area contributed by atoms with Crippen molar-refractivity contribution in [3.8, 4) is 0 Å². The molecule has 0 aromatic carbocycles. The quantitative estimate of drug-likeness (QED) is 0.388. The Morgan fingerprint density at radius 3 is 2.67 bits per heavy atom. The Bertz CT molecular complexity index is 83.1. The van der Waals surface area contributed by atoms with Crippen LogP contribution in [-0.4, -0.2) is 11.0 Å². The van der Waals surface area contributed by atoms with Crippen molar-refractivity contribution in [3.63, 3.8) is 0 Å². The molecule has 0 unspecified atom stereocenters. The number of hydrogen-bond acceptors (Lipinski definition) is 2. The van der Waals surface area contributed by atoms with Crippen molar-refractivity contribution in [2.75, 3.05) is 6.61 Å². The van der Waals surface area contributed by atoms with E-state index in [1.54, 1.807) is 0 Å². The van der Waals surface area contributed by atoms with Gasteiger partial charge in [0.25, 0.3) is 0 Å². The molecule has 0 aromatic rings. The van der Waals surface area contributed by atoms with Crippen LogP contribution in [0.2, 0.25) is 0 Å². The molecule has 54 valence electrons. The molecule has 0 aliphatic carbocycles. The van der Waals surface area contributed by atoms with Gasteiger partial charge in [0.2, 0.25) is 4.38 Å². The van der Waals surface area contributed by atoms with Gasteiger partial charge in [-0.25, -0.2) is 0 Å². The van der Waals surface area contributed by atoms with Gasteiger partial charge in [0.15, 0.2) is 0 Å². The first-order chi connectivity index (χ1) is 4.27. The lowest BCUT2D eigenvalue weighted by atomic mass is 10.3. The second-order valence-electron chi connectivity index (χ2n) is 1.82. The molecule has 0 saturated heterocycles. The van der Waals surface area contributed by atoms with Crippen LogP contribution in [0.15, 0.2) is 0 Å². The van der Waals surface area contributed by atoms with E-state index in [1.165, 1.54) is 12.8 Å². The zero-order chi connectivity index (χ0) is 7.11. The first kappa shape index (κ1) is 9.24. The molecule has 0 amide bonds. The molecule has 0 aromatic heterocycles. The maximum Gasteiger partial charge on any atom is 0.216 e. The molecule has 3 heteroatoms. The summed E-state index contributed by atoms with van der Waals surface area (Å²) in [7, 11) is 0. The molecule has 0 spiro atoms. The summed E-state index contributed by atoms with van der Waals surface area (Å²) in [4.78, 5) is 0. The van der Waals surface area contributed by atoms with Crippen molar-refractivity contribution >= 4 is 29.2 Å². The third-order valence-corrected chi connectivity index (χ3v) is 1.22. The highest BCUT2D eigenvalue weighted by atomic mass is 32.1. The lowest BCUT2D eigenvalue weighted by molar-refractivity contribution is 0.310. The van der Waals surface area contributed by atoms with Gasteiger partial charge in [0.05, 0.1) is 6.61 Å². The van der Waals surface area contributed by atoms with Crippen molar-refractivity contribution in [2.45, 2.75) is 26.2 Å². The molecule has 9 heavy (non-hydrogen) atoms. The van der Waals surface area contributed by atoms with Gasteiger partial charge in [-0.3, -0.25) is 0 Å². The maximum atomic E-state index is 4.94. The van der Waals surface area contributed by atoms with Crippen molar-refractivity contribution < 1.29 is 4.74 Å². The maximum absolute atomic E-state index is 4.94. The fourth-order valence-corrected chi connectivity index (χ4v) is 0.686. The number of ether oxygens (including phenoxy) is 1. The van der Waals surface area contributed by atoms with Gasteiger partial charge in [0, 0.05) is 0 Å². The third kappa shape index (κ3) is 8.24. The van der Waals surface area contributed by atoms with Gasteiger partial charge >= 0.3 is 0 Å². The van der Waals surface area contributed by atoms with E-state index < -0.39 is 0 Å². The molecule has 0 radical (unpaired) electrons. The Balaban J connectivity index is 2.83. The number of hydrogen-bond donors (Lipinski definition) is 1. The second-order valence-corrected chi connectivity index (χ2v) is 2.90. The summed E-state index contributed by atoms with van der Waals surface area (Å²) in [6, 6.07) is 0. The summed E-state index contributed by atoms with van der Waals surface area (Å²) in [5, 5.41) is 0. The van der Waals surface area contributed by atoms with Crippen LogP contribution in [0.5, 0.6) is 0 Å². The molecule has 0 rings (SSSR count). The van der Waals surface area contributed by atoms with Gasteiger partial charge < -0.3 is 4.74 Å². The Morgan fingerprint density at radius 1 is 1.56 bits per heavy atom. The number of thiol groups is 1. The molecule has 1 nitrogen and oxygen atoms in total. The fraction of sp³-hybridized carbons (Fsp3) is 0.833. The Morgan fingerprint density at radius 2 is 2.22 bits per heavy atom. The van der Waals surface area contributed by atoms with Crippen LogP contribution in [0.25, 0.3) is 0 Å². The average molecular weight is 164 g/mol. The molecular weight excluding hydrogens is 152 g/mol. The summed E-state index contributed by atoms with van der Waals surface area (Å²) in [6.07, 6.45) is 3.50. The molecule has 0 aliphatic rings. The van der Waals surface area contributed by atoms with Crippen LogP contribution >= 0.6 is 24.8 Å². The zero-order valence-corrected chi connectivity index (χ0v) is 7.30. The minimum atomic E-state index is 0.353. The molecule has 0 aliphatic heterocycles. The highest BCUT2D eigenvalue weighted by Gasteiger charge is 1.87. The first-order valence-electron chi connectivity index (χ1n) is 3.13. The van der Waals surface area contributed by atoms with Crippen LogP contribution in [0, 0.1) is 0 Å². The fourth-order valence-electron chi connectivity index (χ4n) is 0.512. The minimum absolute atomic E-state index is 0.353. The first-order valence-corrected chi connectivity index (χ1v) is 3.98. The standard InChI is InChI=1S/C6H12OS2/c1-2-3-4-5-7-6(8)9/h2-5H2,1H3,(H,8,9). The van der Waals surface area contributed by atoms with Crippen molar-refractivity contribution in [1.82, 2.24) is 0 Å². The molecule has 0 bridgehead atoms. The topological polar surface area (TPSA) is 9.23 Å². The SMILES string of the molecule is CCCCCOC(=S)S. The monoisotopic (exact) mass is 164 g/mol. The Kier molecular flexibility index (Phi) is 6.53. The number of rotatable bonds is 4. The van der Waals surface area contributed by atoms with Crippen molar-refractivity contribution in [2.24, 2.45) is 0 Å². The van der Waals surface area contributed by atoms with Gasteiger partial charge in [-0.1, -0.05) is 32.4 Å². The van der Waals surface area contributed by atoms with E-state index in [-0.39, 0.29) is 0 Å². The number of unbranched alkanes of at least 4 members (excludes halogenated alkanes) is 2. The predicted octanol–water partition coefficient (Wildman–Crippen LogP) is 2.41. The summed E-state index contributed by atoms with van der Waals surface area (Å²) < 4.78 is 5.29. The van der Waals surface area contributed by atoms with E-state index in [4.69, 9.17) is 4.74 Å². The zero-order valence-electron chi connectivity index (χ0n) is 5.59. The van der Waals surface area contributed by atoms with E-state index in [0.717, 1.165) is 13.0 Å². The lowest BCUT2D eigenvalue weighted by Gasteiger charge is -1.99. The molecular formula is C6H12OS2. The van der Waals surface area contributed by atoms with Gasteiger partial charge in [-0.05, 0) is 18.6 Å². The summed E-state index contributed by atoms with van der Waals surface area (Å²) in [5.74, 6) is 0. The number of thiocarbonyl (C=S) groups is 1. The Labute approximate surface area is 67.2 Å². The van der Waals surface area contributed by atoms with E-state index in [9.17, 15) is 0 Å². The highest BCUT2D eigenvalue weighted by molar-refractivity contribution is 8.10. The van der Waals surface area contributed by atoms with Crippen molar-refractivity contribution in [1.29, 1.82) is 0 Å². The van der Waals surface area contributed by atoms with Gasteiger partial charge in [-0.15, -0.1) is 0 Å².